The summed E-state index contributed by atoms with van der Waals surface area (Å²) in [5.74, 6) is 0.330. The van der Waals surface area contributed by atoms with E-state index < -0.39 is 39.1 Å². The van der Waals surface area contributed by atoms with E-state index >= 15 is 0 Å². The van der Waals surface area contributed by atoms with E-state index in [1.54, 1.807) is 25.1 Å². The highest BCUT2D eigenvalue weighted by Gasteiger charge is 2.32. The molecule has 0 bridgehead atoms. The van der Waals surface area contributed by atoms with Gasteiger partial charge in [-0.3, -0.25) is 4.57 Å². The number of hydrogen-bond donors (Lipinski definition) is 1. The third-order valence-electron chi connectivity index (χ3n) is 4.69. The Balaban J connectivity index is 2.23. The molecule has 0 unspecified atom stereocenters. The van der Waals surface area contributed by atoms with Crippen LogP contribution in [0.2, 0.25) is 0 Å². The van der Waals surface area contributed by atoms with Gasteiger partial charge in [-0.25, -0.2) is 13.2 Å². The summed E-state index contributed by atoms with van der Waals surface area (Å²) in [6.45, 7) is 2.09. The summed E-state index contributed by atoms with van der Waals surface area (Å²) in [5, 5.41) is 0. The summed E-state index contributed by atoms with van der Waals surface area (Å²) in [4.78, 5) is 15.1. The van der Waals surface area contributed by atoms with Gasteiger partial charge in [0.15, 0.2) is 11.5 Å². The van der Waals surface area contributed by atoms with Crippen molar-refractivity contribution in [3.8, 4) is 11.5 Å². The fraction of sp³-hybridized carbons (Fsp3) is 0.350. The molecule has 168 valence electrons. The predicted octanol–water partition coefficient (Wildman–Crippen LogP) is 3.39. The molecule has 2 aromatic carbocycles. The number of aromatic nitrogens is 2. The minimum atomic E-state index is -4.58. The van der Waals surface area contributed by atoms with E-state index in [1.807, 2.05) is 0 Å². The van der Waals surface area contributed by atoms with Gasteiger partial charge in [0.2, 0.25) is 0 Å². The fourth-order valence-corrected chi connectivity index (χ4v) is 4.31. The van der Waals surface area contributed by atoms with Crippen molar-refractivity contribution in [2.45, 2.75) is 19.1 Å². The number of nitrogens with zero attached hydrogens (tertiary/aromatic N) is 1. The second kappa shape index (κ2) is 8.29. The highest BCUT2D eigenvalue weighted by molar-refractivity contribution is 7.90. The minimum absolute atomic E-state index is 0.0446. The molecule has 3 rings (SSSR count). The zero-order valence-electron chi connectivity index (χ0n) is 17.0. The lowest BCUT2D eigenvalue weighted by Crippen LogP contribution is -2.28. The Morgan fingerprint density at radius 2 is 1.84 bits per heavy atom. The number of hydrogen-bond acceptors (Lipinski definition) is 5. The van der Waals surface area contributed by atoms with Crippen molar-refractivity contribution in [2.75, 3.05) is 25.7 Å². The number of alkyl halides is 3. The Kier molecular flexibility index (Phi) is 6.08. The van der Waals surface area contributed by atoms with Gasteiger partial charge in [0.1, 0.15) is 9.84 Å². The van der Waals surface area contributed by atoms with Gasteiger partial charge in [-0.15, -0.1) is 0 Å². The van der Waals surface area contributed by atoms with Gasteiger partial charge in [-0.1, -0.05) is 6.07 Å². The minimum Gasteiger partial charge on any atom is -0.493 e. The average molecular weight is 458 g/mol. The largest absolute Gasteiger partial charge is 0.493 e. The van der Waals surface area contributed by atoms with E-state index in [4.69, 9.17) is 9.47 Å². The number of methoxy groups -OCH3 is 1. The molecule has 0 saturated carbocycles. The first-order valence-electron chi connectivity index (χ1n) is 9.24. The van der Waals surface area contributed by atoms with Crippen LogP contribution in [0.5, 0.6) is 11.5 Å². The van der Waals surface area contributed by atoms with Crippen LogP contribution in [-0.4, -0.2) is 43.7 Å². The quantitative estimate of drug-likeness (QED) is 0.586. The van der Waals surface area contributed by atoms with E-state index in [-0.39, 0.29) is 11.0 Å². The van der Waals surface area contributed by atoms with Crippen LogP contribution in [0.4, 0.5) is 13.2 Å². The molecule has 0 aliphatic heterocycles. The van der Waals surface area contributed by atoms with Crippen LogP contribution in [0.15, 0.2) is 41.2 Å². The second-order valence-corrected chi connectivity index (χ2v) is 9.17. The normalized spacial score (nSPS) is 13.4. The molecule has 0 fully saturated rings. The lowest BCUT2D eigenvalue weighted by atomic mass is 10.1. The van der Waals surface area contributed by atoms with Crippen LogP contribution in [0, 0.1) is 0 Å². The fourth-order valence-electron chi connectivity index (χ4n) is 3.39. The molecule has 0 amide bonds. The second-order valence-electron chi connectivity index (χ2n) is 6.98. The highest BCUT2D eigenvalue weighted by Crippen LogP contribution is 2.34. The molecular formula is C20H21F3N2O5S. The summed E-state index contributed by atoms with van der Waals surface area (Å²) >= 11 is 0. The predicted molar refractivity (Wildman–Crippen MR) is 110 cm³/mol. The number of sulfone groups is 1. The maximum Gasteiger partial charge on any atom is 0.416 e. The van der Waals surface area contributed by atoms with Gasteiger partial charge in [-0.2, -0.15) is 13.2 Å². The van der Waals surface area contributed by atoms with Crippen molar-refractivity contribution in [3.63, 3.8) is 0 Å². The number of fused-ring (bicyclic) bond motifs is 1. The number of rotatable bonds is 7. The van der Waals surface area contributed by atoms with Gasteiger partial charge >= 0.3 is 11.9 Å². The molecule has 0 aliphatic carbocycles. The molecule has 31 heavy (non-hydrogen) atoms. The van der Waals surface area contributed by atoms with Crippen LogP contribution in [-0.2, 0) is 16.0 Å². The van der Waals surface area contributed by atoms with Crippen LogP contribution >= 0.6 is 0 Å². The van der Waals surface area contributed by atoms with Crippen molar-refractivity contribution in [1.29, 1.82) is 0 Å². The number of imidazole rings is 1. The zero-order valence-corrected chi connectivity index (χ0v) is 17.8. The van der Waals surface area contributed by atoms with Crippen molar-refractivity contribution < 1.29 is 31.1 Å². The number of aromatic amines is 1. The van der Waals surface area contributed by atoms with E-state index in [0.29, 0.717) is 23.7 Å². The van der Waals surface area contributed by atoms with Gasteiger partial charge in [0.05, 0.1) is 42.1 Å². The number of benzene rings is 2. The summed E-state index contributed by atoms with van der Waals surface area (Å²) < 4.78 is 75.4. The molecule has 7 nitrogen and oxygen atoms in total. The van der Waals surface area contributed by atoms with E-state index in [0.717, 1.165) is 29.0 Å². The molecule has 11 heteroatoms. The summed E-state index contributed by atoms with van der Waals surface area (Å²) in [7, 11) is -2.13. The first-order valence-corrected chi connectivity index (χ1v) is 11.3. The van der Waals surface area contributed by atoms with Crippen LogP contribution in [0.1, 0.15) is 24.1 Å². The molecule has 1 N–H and O–H groups in total. The monoisotopic (exact) mass is 458 g/mol. The van der Waals surface area contributed by atoms with Crippen molar-refractivity contribution in [2.24, 2.45) is 0 Å². The van der Waals surface area contributed by atoms with Crippen LogP contribution < -0.4 is 15.2 Å². The molecule has 0 aliphatic rings. The Bertz CT molecular complexity index is 1260. The van der Waals surface area contributed by atoms with Gasteiger partial charge in [0.25, 0.3) is 0 Å². The molecule has 0 saturated heterocycles. The lowest BCUT2D eigenvalue weighted by Gasteiger charge is -2.20. The molecular weight excluding hydrogens is 437 g/mol. The number of ether oxygens (including phenoxy) is 2. The topological polar surface area (TPSA) is 90.4 Å². The van der Waals surface area contributed by atoms with Crippen LogP contribution in [0.25, 0.3) is 11.0 Å². The maximum absolute atomic E-state index is 13.1. The maximum atomic E-state index is 13.1. The molecule has 3 aromatic rings. The molecule has 0 radical (unpaired) electrons. The van der Waals surface area contributed by atoms with Crippen molar-refractivity contribution in [1.82, 2.24) is 9.55 Å². The van der Waals surface area contributed by atoms with Gasteiger partial charge < -0.3 is 14.5 Å². The van der Waals surface area contributed by atoms with Crippen LogP contribution in [0.3, 0.4) is 0 Å². The Labute approximate surface area is 176 Å². The molecule has 1 aromatic heterocycles. The van der Waals surface area contributed by atoms with Gasteiger partial charge in [-0.05, 0) is 42.8 Å². The van der Waals surface area contributed by atoms with E-state index in [2.05, 4.69) is 4.98 Å². The number of halogens is 3. The number of H-pyrrole nitrogens is 1. The summed E-state index contributed by atoms with van der Waals surface area (Å²) in [6, 6.07) is 6.56. The van der Waals surface area contributed by atoms with Crippen molar-refractivity contribution >= 4 is 20.9 Å². The van der Waals surface area contributed by atoms with Crippen molar-refractivity contribution in [3.05, 3.63) is 58.0 Å². The Morgan fingerprint density at radius 3 is 2.42 bits per heavy atom. The standard InChI is InChI=1S/C20H21F3N2O5S/c1-4-30-18-9-12(5-8-17(18)29-2)16(11-31(3,27)28)25-15-7-6-13(20(21,22)23)10-14(15)24-19(25)26/h5-10,16H,4,11H2,1-3H3,(H,24,26)/t16-/m0/s1. The first-order chi connectivity index (χ1) is 14.4. The summed E-state index contributed by atoms with van der Waals surface area (Å²) in [5.41, 5.74) is -1.11. The SMILES string of the molecule is CCOc1cc([C@H](CS(C)(=O)=O)n2c(=O)[nH]c3cc(C(F)(F)F)ccc32)ccc1OC. The lowest BCUT2D eigenvalue weighted by molar-refractivity contribution is -0.137. The molecule has 1 heterocycles. The van der Waals surface area contributed by atoms with Gasteiger partial charge in [0, 0.05) is 6.26 Å². The summed E-state index contributed by atoms with van der Waals surface area (Å²) in [6.07, 6.45) is -3.56. The van der Waals surface area contributed by atoms with E-state index in [1.165, 1.54) is 7.11 Å². The third kappa shape index (κ3) is 4.87. The smallest absolute Gasteiger partial charge is 0.416 e. The zero-order chi connectivity index (χ0) is 23.0. The average Bonchev–Trinajstić information content (AvgIpc) is 2.99. The van der Waals surface area contributed by atoms with E-state index in [9.17, 15) is 26.4 Å². The first kappa shape index (κ1) is 22.7. The molecule has 0 spiro atoms. The third-order valence-corrected chi connectivity index (χ3v) is 5.61. The Hall–Kier alpha value is -2.95. The highest BCUT2D eigenvalue weighted by atomic mass is 32.2. The molecule has 1 atom stereocenters. The number of nitrogens with one attached hydrogen (secondary N) is 1. The Morgan fingerprint density at radius 1 is 1.13 bits per heavy atom.